The van der Waals surface area contributed by atoms with Crippen LogP contribution < -0.4 is 0 Å². The third kappa shape index (κ3) is 2.93. The third-order valence-corrected chi connectivity index (χ3v) is 8.79. The highest BCUT2D eigenvalue weighted by Crippen LogP contribution is 2.39. The quantitative estimate of drug-likeness (QED) is 0.225. The maximum absolute atomic E-state index is 5.12. The van der Waals surface area contributed by atoms with E-state index in [0.29, 0.717) is 0 Å². The van der Waals surface area contributed by atoms with Crippen LogP contribution in [0.15, 0.2) is 109 Å². The van der Waals surface area contributed by atoms with Crippen molar-refractivity contribution in [3.63, 3.8) is 0 Å². The van der Waals surface area contributed by atoms with Gasteiger partial charge in [-0.2, -0.15) is 0 Å². The first-order valence-electron chi connectivity index (χ1n) is 13.0. The Balaban J connectivity index is 1.24. The van der Waals surface area contributed by atoms with Crippen molar-refractivity contribution >= 4 is 76.5 Å². The van der Waals surface area contributed by atoms with Crippen molar-refractivity contribution in [1.29, 1.82) is 0 Å². The van der Waals surface area contributed by atoms with Gasteiger partial charge in [-0.1, -0.05) is 97.1 Å². The first kappa shape index (κ1) is 21.0. The van der Waals surface area contributed by atoms with Crippen molar-refractivity contribution in [2.24, 2.45) is 0 Å². The minimum Gasteiger partial charge on any atom is -0.337 e. The van der Waals surface area contributed by atoms with E-state index in [0.717, 1.165) is 44.2 Å². The maximum atomic E-state index is 5.12. The van der Waals surface area contributed by atoms with Crippen LogP contribution in [0.5, 0.6) is 0 Å². The van der Waals surface area contributed by atoms with Crippen LogP contribution in [0.2, 0.25) is 0 Å². The van der Waals surface area contributed by atoms with Crippen LogP contribution in [0.4, 0.5) is 0 Å². The molecule has 0 bridgehead atoms. The molecule has 182 valence electrons. The van der Waals surface area contributed by atoms with E-state index in [4.69, 9.17) is 9.97 Å². The van der Waals surface area contributed by atoms with E-state index < -0.39 is 0 Å². The summed E-state index contributed by atoms with van der Waals surface area (Å²) in [6.07, 6.45) is 0. The second kappa shape index (κ2) is 7.76. The molecule has 0 spiro atoms. The first-order valence-corrected chi connectivity index (χ1v) is 13.9. The van der Waals surface area contributed by atoms with Gasteiger partial charge in [-0.15, -0.1) is 11.3 Å². The minimum atomic E-state index is 0.876. The van der Waals surface area contributed by atoms with Gasteiger partial charge in [0.1, 0.15) is 11.6 Å². The van der Waals surface area contributed by atoms with Gasteiger partial charge in [0.2, 0.25) is 0 Å². The molecule has 9 aromatic rings. The molecule has 9 rings (SSSR count). The summed E-state index contributed by atoms with van der Waals surface area (Å²) < 4.78 is 0. The Kier molecular flexibility index (Phi) is 4.18. The number of thiophene rings is 1. The van der Waals surface area contributed by atoms with E-state index in [9.17, 15) is 0 Å². The highest BCUT2D eigenvalue weighted by Gasteiger charge is 2.17. The summed E-state index contributed by atoms with van der Waals surface area (Å²) in [5.41, 5.74) is 5.24. The number of hydrogen-bond donors (Lipinski definition) is 2. The van der Waals surface area contributed by atoms with Crippen molar-refractivity contribution in [3.05, 3.63) is 109 Å². The molecule has 5 heteroatoms. The van der Waals surface area contributed by atoms with E-state index in [1.165, 1.54) is 43.1 Å². The highest BCUT2D eigenvalue weighted by molar-refractivity contribution is 7.13. The smallest absolute Gasteiger partial charge is 0.148 e. The SMILES string of the molecule is c1ccc2c(c1)c1ccccc1c1[nH]c(-c3csc(-c4nc5c6ccccc6c6ccccc6c5[nH]4)c3)nc21. The van der Waals surface area contributed by atoms with E-state index in [-0.39, 0.29) is 0 Å². The minimum absolute atomic E-state index is 0.876. The van der Waals surface area contributed by atoms with E-state index in [1.807, 2.05) is 0 Å². The molecule has 0 amide bonds. The van der Waals surface area contributed by atoms with Gasteiger partial charge in [0.25, 0.3) is 0 Å². The topological polar surface area (TPSA) is 57.4 Å². The molecule has 0 saturated carbocycles. The summed E-state index contributed by atoms with van der Waals surface area (Å²) in [6.45, 7) is 0. The average molecular weight is 517 g/mol. The molecular formula is C34H20N4S. The molecule has 0 unspecified atom stereocenters. The fourth-order valence-electron chi connectivity index (χ4n) is 6.09. The molecule has 6 aromatic carbocycles. The van der Waals surface area contributed by atoms with E-state index >= 15 is 0 Å². The molecule has 3 aromatic heterocycles. The molecule has 39 heavy (non-hydrogen) atoms. The van der Waals surface area contributed by atoms with Gasteiger partial charge < -0.3 is 9.97 Å². The molecular weight excluding hydrogens is 496 g/mol. The molecule has 0 saturated heterocycles. The molecule has 0 aliphatic carbocycles. The van der Waals surface area contributed by atoms with Crippen molar-refractivity contribution in [2.75, 3.05) is 0 Å². The van der Waals surface area contributed by atoms with Gasteiger partial charge in [-0.3, -0.25) is 0 Å². The molecule has 0 aliphatic rings. The van der Waals surface area contributed by atoms with Crippen LogP contribution in [0, 0.1) is 0 Å². The second-order valence-corrected chi connectivity index (χ2v) is 10.9. The maximum Gasteiger partial charge on any atom is 0.148 e. The van der Waals surface area contributed by atoms with Crippen LogP contribution in [-0.2, 0) is 0 Å². The zero-order valence-corrected chi connectivity index (χ0v) is 21.5. The van der Waals surface area contributed by atoms with Gasteiger partial charge in [0.05, 0.1) is 26.9 Å². The second-order valence-electron chi connectivity index (χ2n) is 10.0. The van der Waals surface area contributed by atoms with Crippen molar-refractivity contribution in [2.45, 2.75) is 0 Å². The normalized spacial score (nSPS) is 12.1. The van der Waals surface area contributed by atoms with E-state index in [2.05, 4.69) is 118 Å². The van der Waals surface area contributed by atoms with Crippen LogP contribution in [0.3, 0.4) is 0 Å². The number of aromatic amines is 2. The molecule has 0 aliphatic heterocycles. The molecule has 0 atom stereocenters. The number of hydrogen-bond acceptors (Lipinski definition) is 3. The Hall–Kier alpha value is -5.00. The lowest BCUT2D eigenvalue weighted by Gasteiger charge is -2.05. The third-order valence-electron chi connectivity index (χ3n) is 7.85. The number of benzene rings is 6. The molecule has 4 nitrogen and oxygen atoms in total. The predicted octanol–water partition coefficient (Wildman–Crippen LogP) is 9.45. The Morgan fingerprint density at radius 3 is 1.41 bits per heavy atom. The standard InChI is InChI=1S/C34H20N4S/c1-5-13-24-20(9-1)21-10-2-6-14-25(21)30-29(24)35-33(36-30)19-17-28(39-18-19)34-37-31-26-15-7-3-11-22(26)23-12-4-8-16-27(23)32(31)38-34/h1-18H,(H,35,36)(H,37,38). The average Bonchev–Trinajstić information content (AvgIpc) is 3.76. The molecule has 2 N–H and O–H groups in total. The van der Waals surface area contributed by atoms with Crippen LogP contribution in [0.25, 0.3) is 87.2 Å². The van der Waals surface area contributed by atoms with Gasteiger partial charge in [0, 0.05) is 32.5 Å². The lowest BCUT2D eigenvalue weighted by atomic mass is 10.0. The van der Waals surface area contributed by atoms with Gasteiger partial charge in [-0.25, -0.2) is 9.97 Å². The fraction of sp³-hybridized carbons (Fsp3) is 0. The number of rotatable bonds is 2. The zero-order valence-electron chi connectivity index (χ0n) is 20.7. The largest absolute Gasteiger partial charge is 0.337 e. The Bertz CT molecular complexity index is 2090. The number of aromatic nitrogens is 4. The van der Waals surface area contributed by atoms with Gasteiger partial charge in [0.15, 0.2) is 0 Å². The van der Waals surface area contributed by atoms with Crippen LogP contribution >= 0.6 is 11.3 Å². The lowest BCUT2D eigenvalue weighted by molar-refractivity contribution is 1.34. The first-order chi connectivity index (χ1) is 19.3. The molecule has 0 radical (unpaired) electrons. The number of H-pyrrole nitrogens is 2. The van der Waals surface area contributed by atoms with Crippen molar-refractivity contribution in [1.82, 2.24) is 19.9 Å². The molecule has 3 heterocycles. The summed E-state index contributed by atoms with van der Waals surface area (Å²) in [6, 6.07) is 36.4. The Morgan fingerprint density at radius 1 is 0.462 bits per heavy atom. The number of nitrogens with one attached hydrogen (secondary N) is 2. The number of fused-ring (bicyclic) bond motifs is 12. The van der Waals surface area contributed by atoms with Crippen molar-refractivity contribution < 1.29 is 0 Å². The summed E-state index contributed by atoms with van der Waals surface area (Å²) in [5.74, 6) is 1.76. The number of nitrogens with zero attached hydrogens (tertiary/aromatic N) is 2. The monoisotopic (exact) mass is 516 g/mol. The van der Waals surface area contributed by atoms with Crippen LogP contribution in [-0.4, -0.2) is 19.9 Å². The summed E-state index contributed by atoms with van der Waals surface area (Å²) in [5, 5.41) is 11.8. The Labute approximate surface area is 226 Å². The van der Waals surface area contributed by atoms with E-state index in [1.54, 1.807) is 11.3 Å². The summed E-state index contributed by atoms with van der Waals surface area (Å²) in [4.78, 5) is 18.6. The summed E-state index contributed by atoms with van der Waals surface area (Å²) in [7, 11) is 0. The van der Waals surface area contributed by atoms with Gasteiger partial charge >= 0.3 is 0 Å². The zero-order chi connectivity index (χ0) is 25.5. The van der Waals surface area contributed by atoms with Gasteiger partial charge in [-0.05, 0) is 27.6 Å². The predicted molar refractivity (Wildman–Crippen MR) is 165 cm³/mol. The molecule has 0 fully saturated rings. The fourth-order valence-corrected chi connectivity index (χ4v) is 6.92. The van der Waals surface area contributed by atoms with Crippen molar-refractivity contribution in [3.8, 4) is 22.1 Å². The lowest BCUT2D eigenvalue weighted by Crippen LogP contribution is -1.81. The van der Waals surface area contributed by atoms with Crippen LogP contribution in [0.1, 0.15) is 0 Å². The number of imidazole rings is 2. The Morgan fingerprint density at radius 2 is 0.872 bits per heavy atom. The highest BCUT2D eigenvalue weighted by atomic mass is 32.1. The summed E-state index contributed by atoms with van der Waals surface area (Å²) >= 11 is 1.69.